The van der Waals surface area contributed by atoms with Crippen LogP contribution in [-0.4, -0.2) is 142 Å². The van der Waals surface area contributed by atoms with Crippen molar-refractivity contribution in [2.45, 2.75) is 78.8 Å². The number of aromatic hydroxyl groups is 2. The van der Waals surface area contributed by atoms with E-state index in [1.165, 1.54) is 79.7 Å². The first kappa shape index (κ1) is 92.3. The van der Waals surface area contributed by atoms with E-state index >= 15 is 0 Å². The molecule has 0 fully saturated rings. The molecule has 4 aliphatic heterocycles. The van der Waals surface area contributed by atoms with Crippen LogP contribution in [0.4, 0.5) is 39.5 Å². The molecule has 0 spiro atoms. The van der Waals surface area contributed by atoms with Crippen molar-refractivity contribution < 1.29 is 102 Å². The largest absolute Gasteiger partial charge is 0.507 e. The van der Waals surface area contributed by atoms with Gasteiger partial charge >= 0.3 is 30.5 Å². The number of alkyl halides is 10. The Morgan fingerprint density at radius 3 is 1.13 bits per heavy atom. The lowest BCUT2D eigenvalue weighted by Crippen LogP contribution is -2.29. The smallest absolute Gasteiger partial charge is 0.417 e. The number of phenolic OH excluding ortho intramolecular Hbond substituents is 2. The van der Waals surface area contributed by atoms with E-state index in [1.807, 2.05) is 51.0 Å². The van der Waals surface area contributed by atoms with Crippen molar-refractivity contribution in [3.8, 4) is 23.0 Å². The molecule has 0 radical (unpaired) electrons. The van der Waals surface area contributed by atoms with Crippen LogP contribution in [-0.2, 0) is 49.4 Å². The Labute approximate surface area is 667 Å². The molecule has 34 heteroatoms. The Hall–Kier alpha value is -9.30. The van der Waals surface area contributed by atoms with Crippen molar-refractivity contribution in [3.63, 3.8) is 0 Å². The molecular weight excluding hydrogens is 1650 g/mol. The third-order valence-electron chi connectivity index (χ3n) is 15.8. The second-order valence-corrected chi connectivity index (χ2v) is 27.2. The van der Waals surface area contributed by atoms with Crippen LogP contribution in [0.3, 0.4) is 0 Å². The standard InChI is InChI=1S/C20H18ClF3N2O3.C18H13ClF3NO3.C16H9ClF3NO3.C8H10ClN.C8H4O4.C5H13N.C2H5Br.ClH/c1-25(2)8-9-29-16-5-3-4-13-17(16)19(28)26(18(13)27)11-12-6-7-15(21)14(10-12)20(22,23)24;1-2-26-14-5-3-4-11-15(14)17(25)23(16(11)24)9-10-6-7-13(19)12(8-10)18(20,21)22;17-11-5-4-8(6-10(11)16(18,19)20)7-21-14(23)9-2-1-3-12(22)13(9)15(21)24;1-6-4-7(5-10)2-3-8(6)9;9-5-3-1-2-4-6(5)8(11)12-7(4)10;1-4-5-6(2)3;1-2-3;/h3-7,10H,8-9,11H2,1-2H3;3-8H,2,9H2,1H3;1-6,22H,7H2;2-4H,5,10H2,1H3;1-3,9H;4-5H2,1-3H3;2H2,1H3;1H. The lowest BCUT2D eigenvalue weighted by molar-refractivity contribution is -0.138. The SMILES string of the molecule is CCBr.CCCN(C)C.CCOc1cccc2c1C(=O)N(Cc1ccc(Cl)c(C(F)(F)F)c1)C2=O.CN(C)CCOc1cccc2c1C(=O)N(Cc1ccc(Cl)c(C(F)(F)F)c1)C2=O.Cc1cc(CN)ccc1Cl.Cl.O=C1OC(=O)c2c(O)cccc21.O=C1c2cccc(O)c2C(=O)N1Cc1ccc(Cl)c(C(F)(F)F)c1. The fourth-order valence-electron chi connectivity index (χ4n) is 10.7. The molecule has 0 bridgehead atoms. The predicted octanol–water partition coefficient (Wildman–Crippen LogP) is 18.1. The highest BCUT2D eigenvalue weighted by molar-refractivity contribution is 9.09. The summed E-state index contributed by atoms with van der Waals surface area (Å²) in [7, 11) is 7.92. The van der Waals surface area contributed by atoms with Crippen molar-refractivity contribution in [1.82, 2.24) is 24.5 Å². The van der Waals surface area contributed by atoms with Gasteiger partial charge in [0.2, 0.25) is 0 Å². The van der Waals surface area contributed by atoms with Gasteiger partial charge in [0.25, 0.3) is 35.4 Å². The van der Waals surface area contributed by atoms with Crippen LogP contribution in [0.2, 0.25) is 20.1 Å². The van der Waals surface area contributed by atoms with Crippen molar-refractivity contribution in [1.29, 1.82) is 0 Å². The van der Waals surface area contributed by atoms with Gasteiger partial charge < -0.3 is 40.0 Å². The Morgan fingerprint density at radius 2 is 0.793 bits per heavy atom. The van der Waals surface area contributed by atoms with Gasteiger partial charge in [-0.1, -0.05) is 131 Å². The van der Waals surface area contributed by atoms with E-state index in [1.54, 1.807) is 31.2 Å². The summed E-state index contributed by atoms with van der Waals surface area (Å²) in [5, 5.41) is 19.4. The van der Waals surface area contributed by atoms with Gasteiger partial charge in [-0.2, -0.15) is 39.5 Å². The molecule has 0 aliphatic carbocycles. The van der Waals surface area contributed by atoms with Gasteiger partial charge in [0.05, 0.1) is 96.9 Å². The molecule has 0 aromatic heterocycles. The molecule has 0 saturated carbocycles. The maximum Gasteiger partial charge on any atom is 0.417 e. The molecule has 111 heavy (non-hydrogen) atoms. The van der Waals surface area contributed by atoms with Crippen LogP contribution in [0.5, 0.6) is 23.0 Å². The van der Waals surface area contributed by atoms with Gasteiger partial charge in [-0.15, -0.1) is 12.4 Å². The number of hydrogen-bond acceptors (Lipinski definition) is 16. The highest BCUT2D eigenvalue weighted by Gasteiger charge is 2.43. The number of rotatable bonds is 15. The zero-order valence-electron chi connectivity index (χ0n) is 60.3. The minimum Gasteiger partial charge on any atom is -0.507 e. The quantitative estimate of drug-likeness (QED) is 0.0284. The lowest BCUT2D eigenvalue weighted by Gasteiger charge is -2.16. The zero-order chi connectivity index (χ0) is 82.0. The minimum absolute atomic E-state index is 0. The number of amides is 6. The number of fused-ring (bicyclic) bond motifs is 4. The summed E-state index contributed by atoms with van der Waals surface area (Å²) < 4.78 is 132. The number of aryl methyl sites for hydroxylation is 1. The molecular formula is C77H73BrCl5F9N6O13. The Balaban J connectivity index is 0.000000250. The van der Waals surface area contributed by atoms with Gasteiger partial charge in [-0.25, -0.2) is 9.59 Å². The number of hydrogen-bond donors (Lipinski definition) is 3. The van der Waals surface area contributed by atoms with Crippen molar-refractivity contribution >= 4 is 122 Å². The first-order valence-electron chi connectivity index (χ1n) is 33.0. The lowest BCUT2D eigenvalue weighted by atomic mass is 10.1. The Morgan fingerprint density at radius 1 is 0.450 bits per heavy atom. The average Bonchev–Trinajstić information content (AvgIpc) is 1.69. The summed E-state index contributed by atoms with van der Waals surface area (Å²) in [6.07, 6.45) is -12.7. The second kappa shape index (κ2) is 40.8. The molecule has 0 unspecified atom stereocenters. The van der Waals surface area contributed by atoms with E-state index in [4.69, 9.17) is 66.7 Å². The van der Waals surface area contributed by atoms with Crippen LogP contribution in [0, 0.1) is 6.92 Å². The average molecular weight is 1720 g/mol. The van der Waals surface area contributed by atoms with Gasteiger partial charge in [0.15, 0.2) is 0 Å². The summed E-state index contributed by atoms with van der Waals surface area (Å²) in [6, 6.07) is 33.2. The number of imide groups is 3. The normalized spacial score (nSPS) is 13.1. The third-order valence-corrected chi connectivity index (χ3v) is 17.2. The van der Waals surface area contributed by atoms with Crippen molar-refractivity contribution in [2.75, 3.05) is 59.8 Å². The third kappa shape index (κ3) is 23.9. The van der Waals surface area contributed by atoms with E-state index in [0.29, 0.717) is 26.3 Å². The number of ether oxygens (including phenoxy) is 3. The fourth-order valence-corrected chi connectivity index (χ4v) is 11.5. The number of nitrogens with two attached hydrogens (primary N) is 1. The highest BCUT2D eigenvalue weighted by Crippen LogP contribution is 2.41. The van der Waals surface area contributed by atoms with E-state index in [-0.39, 0.29) is 116 Å². The molecule has 4 N–H and O–H groups in total. The molecule has 8 aromatic rings. The number of benzene rings is 8. The predicted molar refractivity (Wildman–Crippen MR) is 406 cm³/mol. The summed E-state index contributed by atoms with van der Waals surface area (Å²) in [5.74, 6) is -5.28. The molecule has 19 nitrogen and oxygen atoms in total. The molecule has 0 saturated heterocycles. The van der Waals surface area contributed by atoms with E-state index in [9.17, 15) is 83.0 Å². The fraction of sp³-hybridized carbons (Fsp3) is 0.273. The Bertz CT molecular complexity index is 4740. The maximum absolute atomic E-state index is 13.1. The number of esters is 2. The van der Waals surface area contributed by atoms with Crippen LogP contribution >= 0.6 is 74.7 Å². The van der Waals surface area contributed by atoms with Gasteiger partial charge in [0.1, 0.15) is 35.2 Å². The van der Waals surface area contributed by atoms with Gasteiger partial charge in [-0.3, -0.25) is 43.5 Å². The molecule has 4 heterocycles. The highest BCUT2D eigenvalue weighted by atomic mass is 79.9. The number of carbonyl (C=O) groups excluding carboxylic acids is 8. The van der Waals surface area contributed by atoms with Crippen LogP contribution in [0.1, 0.15) is 155 Å². The summed E-state index contributed by atoms with van der Waals surface area (Å²) in [6.45, 7) is 10.0. The Kier molecular flexibility index (Phi) is 33.9. The second-order valence-electron chi connectivity index (χ2n) is 24.4. The van der Waals surface area contributed by atoms with Crippen molar-refractivity contribution in [3.05, 3.63) is 255 Å². The van der Waals surface area contributed by atoms with E-state index in [2.05, 4.69) is 46.6 Å². The number of carbonyl (C=O) groups is 8. The van der Waals surface area contributed by atoms with Gasteiger partial charge in [0, 0.05) is 23.4 Å². The van der Waals surface area contributed by atoms with Crippen LogP contribution in [0.15, 0.2) is 146 Å². The molecule has 0 atom stereocenters. The van der Waals surface area contributed by atoms with Crippen LogP contribution in [0.25, 0.3) is 0 Å². The molecule has 12 rings (SSSR count). The monoisotopic (exact) mass is 1710 g/mol. The maximum atomic E-state index is 13.1. The van der Waals surface area contributed by atoms with E-state index in [0.717, 1.165) is 72.6 Å². The zero-order valence-corrected chi connectivity index (χ0v) is 65.8. The van der Waals surface area contributed by atoms with Gasteiger partial charge in [-0.05, 0) is 174 Å². The minimum atomic E-state index is -4.65. The first-order valence-corrected chi connectivity index (χ1v) is 35.7. The number of phenols is 2. The summed E-state index contributed by atoms with van der Waals surface area (Å²) in [5.41, 5.74) is 5.52. The summed E-state index contributed by atoms with van der Waals surface area (Å²) in [4.78, 5) is 104. The molecule has 594 valence electrons. The topological polar surface area (TPSA) is 247 Å². The molecule has 6 amide bonds. The molecule has 4 aliphatic rings. The van der Waals surface area contributed by atoms with Crippen LogP contribution < -0.4 is 15.2 Å². The van der Waals surface area contributed by atoms with Crippen molar-refractivity contribution in [2.24, 2.45) is 5.73 Å². The number of nitrogens with zero attached hydrogens (tertiary/aromatic N) is 5. The number of cyclic esters (lactones) is 2. The summed E-state index contributed by atoms with van der Waals surface area (Å²) >= 11 is 25.7. The number of likely N-dealkylation sites (N-methyl/N-ethyl adjacent to an activating group) is 1. The first-order chi connectivity index (χ1) is 51.6. The van der Waals surface area contributed by atoms with E-state index < -0.39 is 97.7 Å². The molecule has 8 aromatic carbocycles. The number of halogens is 15.